The summed E-state index contributed by atoms with van der Waals surface area (Å²) in [6.07, 6.45) is 3.46. The number of aromatic nitrogens is 2. The van der Waals surface area contributed by atoms with Crippen LogP contribution in [-0.4, -0.2) is 9.97 Å². The molecule has 3 aromatic rings. The third-order valence-corrected chi connectivity index (χ3v) is 2.69. The normalized spacial score (nSPS) is 10.6. The third kappa shape index (κ3) is 1.87. The van der Waals surface area contributed by atoms with Crippen molar-refractivity contribution in [2.75, 3.05) is 0 Å². The van der Waals surface area contributed by atoms with Crippen LogP contribution in [0.5, 0.6) is 0 Å². The van der Waals surface area contributed by atoms with E-state index >= 15 is 0 Å². The van der Waals surface area contributed by atoms with Crippen molar-refractivity contribution in [3.05, 3.63) is 54.4 Å². The average molecular weight is 224 g/mol. The van der Waals surface area contributed by atoms with Gasteiger partial charge in [-0.15, -0.1) is 0 Å². The van der Waals surface area contributed by atoms with Crippen LogP contribution < -0.4 is 0 Å². The fourth-order valence-corrected chi connectivity index (χ4v) is 1.74. The highest BCUT2D eigenvalue weighted by Crippen LogP contribution is 2.22. The molecule has 1 aromatic carbocycles. The second kappa shape index (κ2) is 3.94. The molecule has 0 radical (unpaired) electrons. The van der Waals surface area contributed by atoms with E-state index in [1.165, 1.54) is 5.56 Å². The Morgan fingerprint density at radius 2 is 1.94 bits per heavy atom. The van der Waals surface area contributed by atoms with Crippen molar-refractivity contribution in [1.82, 2.24) is 9.97 Å². The topological polar surface area (TPSA) is 41.8 Å². The zero-order valence-corrected chi connectivity index (χ0v) is 9.47. The van der Waals surface area contributed by atoms with Crippen LogP contribution in [0, 0.1) is 6.92 Å². The number of benzene rings is 1. The minimum absolute atomic E-state index is 0.753. The molecule has 0 aliphatic rings. The summed E-state index contributed by atoms with van der Waals surface area (Å²) >= 11 is 0. The average Bonchev–Trinajstić information content (AvgIpc) is 3.00. The molecule has 0 aliphatic carbocycles. The van der Waals surface area contributed by atoms with E-state index in [0.29, 0.717) is 0 Å². The summed E-state index contributed by atoms with van der Waals surface area (Å²) in [5.41, 5.74) is 3.37. The van der Waals surface area contributed by atoms with Gasteiger partial charge in [0.2, 0.25) is 0 Å². The number of hydrogen-bond donors (Lipinski definition) is 1. The van der Waals surface area contributed by atoms with Gasteiger partial charge in [0.05, 0.1) is 18.2 Å². The van der Waals surface area contributed by atoms with Crippen LogP contribution >= 0.6 is 0 Å². The minimum Gasteiger partial charge on any atom is -0.461 e. The van der Waals surface area contributed by atoms with Gasteiger partial charge in [-0.3, -0.25) is 0 Å². The Balaban J connectivity index is 1.98. The molecule has 0 aliphatic heterocycles. The monoisotopic (exact) mass is 224 g/mol. The quantitative estimate of drug-likeness (QED) is 0.722. The molecule has 0 atom stereocenters. The number of aromatic amines is 1. The van der Waals surface area contributed by atoms with Crippen molar-refractivity contribution in [1.29, 1.82) is 0 Å². The van der Waals surface area contributed by atoms with E-state index < -0.39 is 0 Å². The fraction of sp³-hybridized carbons (Fsp3) is 0.0714. The Labute approximate surface area is 99.1 Å². The second-order valence-electron chi connectivity index (χ2n) is 3.99. The first-order valence-electron chi connectivity index (χ1n) is 5.49. The predicted molar refractivity (Wildman–Crippen MR) is 66.5 cm³/mol. The predicted octanol–water partition coefficient (Wildman–Crippen LogP) is 3.65. The molecule has 17 heavy (non-hydrogen) atoms. The summed E-state index contributed by atoms with van der Waals surface area (Å²) in [6.45, 7) is 2.07. The van der Waals surface area contributed by atoms with E-state index in [1.54, 1.807) is 6.26 Å². The molecule has 0 saturated carbocycles. The number of imidazole rings is 1. The number of nitrogens with zero attached hydrogens (tertiary/aromatic N) is 1. The molecule has 84 valence electrons. The van der Waals surface area contributed by atoms with E-state index in [4.69, 9.17) is 4.42 Å². The molecule has 0 spiro atoms. The first-order valence-corrected chi connectivity index (χ1v) is 5.49. The van der Waals surface area contributed by atoms with Gasteiger partial charge in [0, 0.05) is 0 Å². The van der Waals surface area contributed by atoms with Gasteiger partial charge in [0.25, 0.3) is 0 Å². The molecule has 1 N–H and O–H groups in total. The second-order valence-corrected chi connectivity index (χ2v) is 3.99. The number of furan rings is 1. The summed E-state index contributed by atoms with van der Waals surface area (Å²) in [4.78, 5) is 7.55. The lowest BCUT2D eigenvalue weighted by molar-refractivity contribution is 0.578. The highest BCUT2D eigenvalue weighted by atomic mass is 16.3. The van der Waals surface area contributed by atoms with Gasteiger partial charge in [0.1, 0.15) is 0 Å². The fourth-order valence-electron chi connectivity index (χ4n) is 1.74. The SMILES string of the molecule is Cc1ccc(-c2cnc(-c3ccco3)[nH]2)cc1. The first-order chi connectivity index (χ1) is 8.33. The van der Waals surface area contributed by atoms with Crippen LogP contribution in [0.4, 0.5) is 0 Å². The Bertz CT molecular complexity index is 606. The number of rotatable bonds is 2. The van der Waals surface area contributed by atoms with Crippen LogP contribution in [0.3, 0.4) is 0 Å². The highest BCUT2D eigenvalue weighted by Gasteiger charge is 2.06. The molecule has 0 amide bonds. The van der Waals surface area contributed by atoms with Gasteiger partial charge < -0.3 is 9.40 Å². The molecular formula is C14H12N2O. The smallest absolute Gasteiger partial charge is 0.173 e. The van der Waals surface area contributed by atoms with Crippen molar-refractivity contribution < 1.29 is 4.42 Å². The molecule has 0 bridgehead atoms. The maximum atomic E-state index is 5.29. The van der Waals surface area contributed by atoms with Gasteiger partial charge in [0.15, 0.2) is 11.6 Å². The zero-order valence-electron chi connectivity index (χ0n) is 9.47. The van der Waals surface area contributed by atoms with Crippen molar-refractivity contribution in [2.24, 2.45) is 0 Å². The lowest BCUT2D eigenvalue weighted by Crippen LogP contribution is -1.79. The molecule has 0 unspecified atom stereocenters. The molecule has 2 heterocycles. The van der Waals surface area contributed by atoms with Crippen molar-refractivity contribution in [3.8, 4) is 22.8 Å². The molecule has 3 rings (SSSR count). The van der Waals surface area contributed by atoms with Gasteiger partial charge in [-0.1, -0.05) is 29.8 Å². The highest BCUT2D eigenvalue weighted by molar-refractivity contribution is 5.62. The molecule has 2 aromatic heterocycles. The van der Waals surface area contributed by atoms with E-state index in [2.05, 4.69) is 41.2 Å². The Hall–Kier alpha value is -2.29. The molecule has 3 nitrogen and oxygen atoms in total. The van der Waals surface area contributed by atoms with Crippen LogP contribution in [0.15, 0.2) is 53.3 Å². The first kappa shape index (κ1) is 9.90. The van der Waals surface area contributed by atoms with Crippen molar-refractivity contribution in [3.63, 3.8) is 0 Å². The number of nitrogens with one attached hydrogen (secondary N) is 1. The Morgan fingerprint density at radius 1 is 1.12 bits per heavy atom. The summed E-state index contributed by atoms with van der Waals surface area (Å²) in [6, 6.07) is 12.1. The Morgan fingerprint density at radius 3 is 2.65 bits per heavy atom. The van der Waals surface area contributed by atoms with E-state index in [0.717, 1.165) is 22.8 Å². The zero-order chi connectivity index (χ0) is 11.7. The number of hydrogen-bond acceptors (Lipinski definition) is 2. The lowest BCUT2D eigenvalue weighted by atomic mass is 10.1. The molecular weight excluding hydrogens is 212 g/mol. The van der Waals surface area contributed by atoms with E-state index in [1.807, 2.05) is 18.3 Å². The van der Waals surface area contributed by atoms with Gasteiger partial charge in [-0.25, -0.2) is 4.98 Å². The van der Waals surface area contributed by atoms with E-state index in [9.17, 15) is 0 Å². The van der Waals surface area contributed by atoms with Gasteiger partial charge in [-0.05, 0) is 24.6 Å². The van der Waals surface area contributed by atoms with Gasteiger partial charge >= 0.3 is 0 Å². The molecule has 0 saturated heterocycles. The molecule has 3 heteroatoms. The van der Waals surface area contributed by atoms with Crippen LogP contribution in [0.1, 0.15) is 5.56 Å². The van der Waals surface area contributed by atoms with Crippen LogP contribution in [0.2, 0.25) is 0 Å². The third-order valence-electron chi connectivity index (χ3n) is 2.69. The van der Waals surface area contributed by atoms with Crippen molar-refractivity contribution >= 4 is 0 Å². The Kier molecular flexibility index (Phi) is 2.29. The number of H-pyrrole nitrogens is 1. The molecule has 0 fully saturated rings. The van der Waals surface area contributed by atoms with Crippen molar-refractivity contribution in [2.45, 2.75) is 6.92 Å². The largest absolute Gasteiger partial charge is 0.461 e. The summed E-state index contributed by atoms with van der Waals surface area (Å²) in [5.74, 6) is 1.51. The van der Waals surface area contributed by atoms with Crippen LogP contribution in [-0.2, 0) is 0 Å². The number of aryl methyl sites for hydroxylation is 1. The standard InChI is InChI=1S/C14H12N2O/c1-10-4-6-11(7-5-10)12-9-15-14(16-12)13-3-2-8-17-13/h2-9H,1H3,(H,15,16). The maximum Gasteiger partial charge on any atom is 0.173 e. The van der Waals surface area contributed by atoms with Gasteiger partial charge in [-0.2, -0.15) is 0 Å². The lowest BCUT2D eigenvalue weighted by Gasteiger charge is -1.97. The summed E-state index contributed by atoms with van der Waals surface area (Å²) in [5, 5.41) is 0. The summed E-state index contributed by atoms with van der Waals surface area (Å²) < 4.78 is 5.29. The maximum absolute atomic E-state index is 5.29. The minimum atomic E-state index is 0.753. The van der Waals surface area contributed by atoms with Crippen LogP contribution in [0.25, 0.3) is 22.8 Å². The van der Waals surface area contributed by atoms with E-state index in [-0.39, 0.29) is 0 Å². The summed E-state index contributed by atoms with van der Waals surface area (Å²) in [7, 11) is 0.